The molecule has 92 valence electrons. The van der Waals surface area contributed by atoms with Gasteiger partial charge < -0.3 is 10.2 Å². The first-order valence-corrected chi connectivity index (χ1v) is 7.26. The smallest absolute Gasteiger partial charge is 0.0701 e. The van der Waals surface area contributed by atoms with Crippen molar-refractivity contribution in [1.82, 2.24) is 10.2 Å². The van der Waals surface area contributed by atoms with Crippen LogP contribution in [0.25, 0.3) is 0 Å². The number of thiophene rings is 1. The molecule has 0 aromatic carbocycles. The molecule has 0 aliphatic rings. The quantitative estimate of drug-likeness (QED) is 0.867. The topological polar surface area (TPSA) is 15.3 Å². The maximum Gasteiger partial charge on any atom is 0.0701 e. The Morgan fingerprint density at radius 1 is 1.50 bits per heavy atom. The van der Waals surface area contributed by atoms with Gasteiger partial charge in [-0.25, -0.2) is 0 Å². The SMILES string of the molecule is CCNC(C)(C)CN(C)Cc1csc(Br)c1. The highest BCUT2D eigenvalue weighted by Crippen LogP contribution is 2.21. The molecule has 0 spiro atoms. The van der Waals surface area contributed by atoms with E-state index in [-0.39, 0.29) is 5.54 Å². The van der Waals surface area contributed by atoms with Crippen molar-refractivity contribution in [2.24, 2.45) is 0 Å². The van der Waals surface area contributed by atoms with Gasteiger partial charge in [-0.2, -0.15) is 0 Å². The van der Waals surface area contributed by atoms with Crippen LogP contribution < -0.4 is 5.32 Å². The number of hydrogen-bond donors (Lipinski definition) is 1. The molecule has 0 fully saturated rings. The summed E-state index contributed by atoms with van der Waals surface area (Å²) in [6.07, 6.45) is 0. The third-order valence-corrected chi connectivity index (χ3v) is 3.95. The van der Waals surface area contributed by atoms with Gasteiger partial charge in [0.05, 0.1) is 3.79 Å². The zero-order valence-corrected chi connectivity index (χ0v) is 12.9. The second-order valence-electron chi connectivity index (χ2n) is 4.85. The van der Waals surface area contributed by atoms with Gasteiger partial charge in [-0.05, 0) is 60.4 Å². The van der Waals surface area contributed by atoms with E-state index in [1.54, 1.807) is 11.3 Å². The van der Waals surface area contributed by atoms with Crippen LogP contribution in [-0.4, -0.2) is 30.6 Å². The lowest BCUT2D eigenvalue weighted by molar-refractivity contribution is 0.232. The molecule has 0 radical (unpaired) electrons. The maximum absolute atomic E-state index is 3.50. The van der Waals surface area contributed by atoms with E-state index in [1.165, 1.54) is 9.35 Å². The molecule has 0 bridgehead atoms. The van der Waals surface area contributed by atoms with E-state index in [2.05, 4.69) is 65.4 Å². The van der Waals surface area contributed by atoms with Crippen LogP contribution in [0.4, 0.5) is 0 Å². The number of likely N-dealkylation sites (N-methyl/N-ethyl adjacent to an activating group) is 2. The molecule has 1 aromatic heterocycles. The minimum absolute atomic E-state index is 0.177. The van der Waals surface area contributed by atoms with Crippen molar-refractivity contribution in [3.63, 3.8) is 0 Å². The van der Waals surface area contributed by atoms with Gasteiger partial charge in [-0.3, -0.25) is 0 Å². The number of nitrogens with one attached hydrogen (secondary N) is 1. The molecule has 2 nitrogen and oxygen atoms in total. The van der Waals surface area contributed by atoms with Gasteiger partial charge in [-0.1, -0.05) is 6.92 Å². The fourth-order valence-electron chi connectivity index (χ4n) is 2.01. The molecule has 0 saturated carbocycles. The van der Waals surface area contributed by atoms with Crippen molar-refractivity contribution in [3.05, 3.63) is 20.8 Å². The first-order valence-electron chi connectivity index (χ1n) is 5.59. The van der Waals surface area contributed by atoms with Crippen LogP contribution in [0.1, 0.15) is 26.3 Å². The van der Waals surface area contributed by atoms with Crippen molar-refractivity contribution < 1.29 is 0 Å². The summed E-state index contributed by atoms with van der Waals surface area (Å²) in [6.45, 7) is 9.72. The fraction of sp³-hybridized carbons (Fsp3) is 0.667. The number of rotatable bonds is 6. The van der Waals surface area contributed by atoms with Crippen molar-refractivity contribution >= 4 is 27.3 Å². The Morgan fingerprint density at radius 3 is 2.69 bits per heavy atom. The standard InChI is InChI=1S/C12H21BrN2S/c1-5-14-12(2,3)9-15(4)7-10-6-11(13)16-8-10/h6,8,14H,5,7,9H2,1-4H3. The minimum Gasteiger partial charge on any atom is -0.311 e. The number of nitrogens with zero attached hydrogens (tertiary/aromatic N) is 1. The van der Waals surface area contributed by atoms with E-state index in [0.29, 0.717) is 0 Å². The largest absolute Gasteiger partial charge is 0.311 e. The molecular formula is C12H21BrN2S. The van der Waals surface area contributed by atoms with E-state index in [1.807, 2.05) is 0 Å². The average molecular weight is 305 g/mol. The van der Waals surface area contributed by atoms with Crippen molar-refractivity contribution in [1.29, 1.82) is 0 Å². The summed E-state index contributed by atoms with van der Waals surface area (Å²) in [4.78, 5) is 2.36. The van der Waals surface area contributed by atoms with Gasteiger partial charge >= 0.3 is 0 Å². The first kappa shape index (κ1) is 14.2. The molecule has 1 heterocycles. The third-order valence-electron chi connectivity index (χ3n) is 2.39. The molecule has 0 amide bonds. The lowest BCUT2D eigenvalue weighted by Crippen LogP contribution is -2.47. The monoisotopic (exact) mass is 304 g/mol. The first-order chi connectivity index (χ1) is 7.43. The molecule has 0 atom stereocenters. The highest BCUT2D eigenvalue weighted by Gasteiger charge is 2.18. The summed E-state index contributed by atoms with van der Waals surface area (Å²) in [5.41, 5.74) is 1.56. The van der Waals surface area contributed by atoms with Gasteiger partial charge in [0.1, 0.15) is 0 Å². The van der Waals surface area contributed by atoms with E-state index in [4.69, 9.17) is 0 Å². The zero-order valence-electron chi connectivity index (χ0n) is 10.5. The summed E-state index contributed by atoms with van der Waals surface area (Å²) >= 11 is 5.24. The van der Waals surface area contributed by atoms with E-state index in [9.17, 15) is 0 Å². The summed E-state index contributed by atoms with van der Waals surface area (Å²) in [6, 6.07) is 2.20. The molecular weight excluding hydrogens is 284 g/mol. The third kappa shape index (κ3) is 4.95. The molecule has 1 aromatic rings. The molecule has 0 saturated heterocycles. The summed E-state index contributed by atoms with van der Waals surface area (Å²) in [5.74, 6) is 0. The predicted octanol–water partition coefficient (Wildman–Crippen LogP) is 3.33. The second-order valence-corrected chi connectivity index (χ2v) is 7.14. The van der Waals surface area contributed by atoms with Crippen molar-refractivity contribution in [3.8, 4) is 0 Å². The zero-order chi connectivity index (χ0) is 12.2. The van der Waals surface area contributed by atoms with Crippen LogP contribution in [0.3, 0.4) is 0 Å². The molecule has 16 heavy (non-hydrogen) atoms. The number of halogens is 1. The minimum atomic E-state index is 0.177. The maximum atomic E-state index is 3.50. The molecule has 1 N–H and O–H groups in total. The van der Waals surface area contributed by atoms with E-state index < -0.39 is 0 Å². The van der Waals surface area contributed by atoms with Gasteiger partial charge in [0.15, 0.2) is 0 Å². The highest BCUT2D eigenvalue weighted by molar-refractivity contribution is 9.11. The van der Waals surface area contributed by atoms with Crippen LogP contribution in [0.5, 0.6) is 0 Å². The summed E-state index contributed by atoms with van der Waals surface area (Å²) in [5, 5.41) is 5.70. The Bertz CT molecular complexity index is 323. The van der Waals surface area contributed by atoms with Gasteiger partial charge in [0.2, 0.25) is 0 Å². The Balaban J connectivity index is 2.44. The second kappa shape index (κ2) is 6.15. The molecule has 0 unspecified atom stereocenters. The molecule has 0 aliphatic heterocycles. The summed E-state index contributed by atoms with van der Waals surface area (Å²) < 4.78 is 1.21. The Morgan fingerprint density at radius 2 is 2.19 bits per heavy atom. The Labute approximate surface area is 111 Å². The van der Waals surface area contributed by atoms with Crippen molar-refractivity contribution in [2.45, 2.75) is 32.9 Å². The van der Waals surface area contributed by atoms with Crippen molar-refractivity contribution in [2.75, 3.05) is 20.1 Å². The van der Waals surface area contributed by atoms with Crippen LogP contribution in [0.2, 0.25) is 0 Å². The molecule has 1 rings (SSSR count). The average Bonchev–Trinajstić information content (AvgIpc) is 2.49. The summed E-state index contributed by atoms with van der Waals surface area (Å²) in [7, 11) is 2.17. The Hall–Kier alpha value is 0.100. The Kier molecular flexibility index (Phi) is 5.44. The predicted molar refractivity (Wildman–Crippen MR) is 76.1 cm³/mol. The van der Waals surface area contributed by atoms with Gasteiger partial charge in [-0.15, -0.1) is 11.3 Å². The van der Waals surface area contributed by atoms with Gasteiger partial charge in [0.25, 0.3) is 0 Å². The van der Waals surface area contributed by atoms with Crippen LogP contribution in [-0.2, 0) is 6.54 Å². The fourth-order valence-corrected chi connectivity index (χ4v) is 3.21. The normalized spacial score (nSPS) is 12.4. The molecule has 0 aliphatic carbocycles. The lowest BCUT2D eigenvalue weighted by atomic mass is 10.1. The van der Waals surface area contributed by atoms with E-state index >= 15 is 0 Å². The van der Waals surface area contributed by atoms with Crippen LogP contribution in [0.15, 0.2) is 15.2 Å². The van der Waals surface area contributed by atoms with Gasteiger partial charge in [0, 0.05) is 18.6 Å². The lowest BCUT2D eigenvalue weighted by Gasteiger charge is -2.31. The van der Waals surface area contributed by atoms with Crippen LogP contribution in [0, 0.1) is 0 Å². The van der Waals surface area contributed by atoms with E-state index in [0.717, 1.165) is 19.6 Å². The highest BCUT2D eigenvalue weighted by atomic mass is 79.9. The van der Waals surface area contributed by atoms with Crippen LogP contribution >= 0.6 is 27.3 Å². The molecule has 4 heteroatoms. The number of hydrogen-bond acceptors (Lipinski definition) is 3.